The lowest BCUT2D eigenvalue weighted by atomic mass is 10.1. The van der Waals surface area contributed by atoms with Gasteiger partial charge >= 0.3 is 5.97 Å². The van der Waals surface area contributed by atoms with Gasteiger partial charge in [0, 0.05) is 5.56 Å². The van der Waals surface area contributed by atoms with Crippen LogP contribution in [0.15, 0.2) is 44.6 Å². The van der Waals surface area contributed by atoms with Crippen molar-refractivity contribution >= 4 is 33.2 Å². The highest BCUT2D eigenvalue weighted by Gasteiger charge is 2.22. The molecule has 21 heavy (non-hydrogen) atoms. The van der Waals surface area contributed by atoms with Gasteiger partial charge in [-0.15, -0.1) is 11.3 Å². The van der Waals surface area contributed by atoms with Crippen molar-refractivity contribution in [1.82, 2.24) is 4.98 Å². The fourth-order valence-electron chi connectivity index (χ4n) is 1.80. The van der Waals surface area contributed by atoms with Crippen LogP contribution in [0.25, 0.3) is 22.1 Å². The van der Waals surface area contributed by atoms with Gasteiger partial charge in [0.05, 0.1) is 9.35 Å². The summed E-state index contributed by atoms with van der Waals surface area (Å²) in [6.45, 7) is 0. The van der Waals surface area contributed by atoms with Crippen molar-refractivity contribution in [3.8, 4) is 22.1 Å². The molecule has 0 fully saturated rings. The van der Waals surface area contributed by atoms with E-state index >= 15 is 0 Å². The maximum Gasteiger partial charge on any atom is 0.358 e. The van der Waals surface area contributed by atoms with Crippen LogP contribution in [0.4, 0.5) is 4.39 Å². The van der Waals surface area contributed by atoms with E-state index in [0.29, 0.717) is 5.56 Å². The molecule has 0 aliphatic rings. The minimum Gasteiger partial charge on any atom is -0.476 e. The molecular formula is C14H7BrFNO3S. The zero-order valence-corrected chi connectivity index (χ0v) is 12.7. The van der Waals surface area contributed by atoms with E-state index < -0.39 is 11.8 Å². The van der Waals surface area contributed by atoms with E-state index in [4.69, 9.17) is 4.42 Å². The Balaban J connectivity index is 2.16. The fourth-order valence-corrected chi connectivity index (χ4v) is 2.83. The maximum atomic E-state index is 13.3. The number of benzene rings is 1. The third kappa shape index (κ3) is 2.62. The summed E-state index contributed by atoms with van der Waals surface area (Å²) in [6.07, 6.45) is 0. The van der Waals surface area contributed by atoms with Gasteiger partial charge < -0.3 is 9.52 Å². The smallest absolute Gasteiger partial charge is 0.358 e. The summed E-state index contributed by atoms with van der Waals surface area (Å²) in [5.41, 5.74) is 0.243. The third-order valence-electron chi connectivity index (χ3n) is 2.74. The summed E-state index contributed by atoms with van der Waals surface area (Å²) in [5.74, 6) is -1.30. The molecule has 0 unspecified atom stereocenters. The van der Waals surface area contributed by atoms with E-state index in [9.17, 15) is 14.3 Å². The molecule has 0 saturated carbocycles. The molecule has 0 radical (unpaired) electrons. The molecular weight excluding hydrogens is 361 g/mol. The van der Waals surface area contributed by atoms with Crippen LogP contribution in [0, 0.1) is 5.82 Å². The quantitative estimate of drug-likeness (QED) is 0.730. The van der Waals surface area contributed by atoms with Crippen LogP contribution in [0.1, 0.15) is 10.5 Å². The number of hydrogen-bond acceptors (Lipinski definition) is 4. The van der Waals surface area contributed by atoms with E-state index in [1.165, 1.54) is 29.5 Å². The predicted molar refractivity (Wildman–Crippen MR) is 79.9 cm³/mol. The number of carbonyl (C=O) groups is 1. The average Bonchev–Trinajstić information content (AvgIpc) is 3.09. The number of aromatic nitrogens is 1. The van der Waals surface area contributed by atoms with Crippen molar-refractivity contribution in [2.24, 2.45) is 0 Å². The van der Waals surface area contributed by atoms with Gasteiger partial charge in [-0.3, -0.25) is 0 Å². The topological polar surface area (TPSA) is 63.3 Å². The Labute approximate surface area is 131 Å². The van der Waals surface area contributed by atoms with Crippen molar-refractivity contribution in [3.63, 3.8) is 0 Å². The first-order chi connectivity index (χ1) is 10.1. The number of oxazole rings is 1. The molecule has 0 aliphatic heterocycles. The van der Waals surface area contributed by atoms with Crippen molar-refractivity contribution in [2.75, 3.05) is 0 Å². The molecule has 0 atom stereocenters. The van der Waals surface area contributed by atoms with Crippen molar-refractivity contribution in [3.05, 3.63) is 51.7 Å². The summed E-state index contributed by atoms with van der Waals surface area (Å²) in [7, 11) is 0. The Kier molecular flexibility index (Phi) is 3.60. The second kappa shape index (κ2) is 5.42. The summed E-state index contributed by atoms with van der Waals surface area (Å²) < 4.78 is 19.1. The number of carboxylic acids is 1. The third-order valence-corrected chi connectivity index (χ3v) is 4.21. The van der Waals surface area contributed by atoms with Gasteiger partial charge in [-0.2, -0.15) is 0 Å². The molecule has 0 spiro atoms. The number of halogens is 2. The van der Waals surface area contributed by atoms with Gasteiger partial charge in [0.1, 0.15) is 5.82 Å². The summed E-state index contributed by atoms with van der Waals surface area (Å²) in [6, 6.07) is 7.75. The van der Waals surface area contributed by atoms with Gasteiger partial charge in [-0.25, -0.2) is 14.2 Å². The summed E-state index contributed by atoms with van der Waals surface area (Å²) >= 11 is 4.46. The molecule has 0 bridgehead atoms. The first-order valence-corrected chi connectivity index (χ1v) is 7.47. The number of hydrogen-bond donors (Lipinski definition) is 1. The molecule has 0 saturated heterocycles. The molecule has 1 aromatic carbocycles. The highest BCUT2D eigenvalue weighted by Crippen LogP contribution is 2.33. The van der Waals surface area contributed by atoms with E-state index in [1.807, 2.05) is 11.4 Å². The first-order valence-electron chi connectivity index (χ1n) is 5.79. The number of thiophene rings is 1. The van der Waals surface area contributed by atoms with Gasteiger partial charge in [0.2, 0.25) is 5.89 Å². The maximum absolute atomic E-state index is 13.3. The van der Waals surface area contributed by atoms with Gasteiger partial charge in [0.25, 0.3) is 0 Å². The highest BCUT2D eigenvalue weighted by atomic mass is 79.9. The number of rotatable bonds is 3. The summed E-state index contributed by atoms with van der Waals surface area (Å²) in [4.78, 5) is 16.1. The van der Waals surface area contributed by atoms with Crippen LogP contribution in [-0.4, -0.2) is 16.1 Å². The Morgan fingerprint density at radius 2 is 2.19 bits per heavy atom. The zero-order valence-electron chi connectivity index (χ0n) is 10.3. The van der Waals surface area contributed by atoms with E-state index in [0.717, 1.165) is 4.88 Å². The summed E-state index contributed by atoms with van der Waals surface area (Å²) in [5, 5.41) is 11.1. The predicted octanol–water partition coefficient (Wildman–Crippen LogP) is 4.67. The molecule has 1 N–H and O–H groups in total. The molecule has 2 heterocycles. The lowest BCUT2D eigenvalue weighted by Crippen LogP contribution is -1.99. The van der Waals surface area contributed by atoms with Gasteiger partial charge in [-0.1, -0.05) is 6.07 Å². The second-order valence-electron chi connectivity index (χ2n) is 4.11. The van der Waals surface area contributed by atoms with Crippen molar-refractivity contribution < 1.29 is 18.7 Å². The van der Waals surface area contributed by atoms with Gasteiger partial charge in [0.15, 0.2) is 11.5 Å². The standard InChI is InChI=1S/C14H7BrFNO3S/c15-8-6-7(3-4-9(8)16)12-11(14(18)19)17-13(20-12)10-2-1-5-21-10/h1-6H,(H,18,19). The Morgan fingerprint density at radius 1 is 1.38 bits per heavy atom. The average molecular weight is 368 g/mol. The van der Waals surface area contributed by atoms with E-state index in [-0.39, 0.29) is 21.8 Å². The SMILES string of the molecule is O=C(O)c1nc(-c2cccs2)oc1-c1ccc(F)c(Br)c1. The minimum atomic E-state index is -1.20. The molecule has 0 aliphatic carbocycles. The van der Waals surface area contributed by atoms with Crippen molar-refractivity contribution in [2.45, 2.75) is 0 Å². The molecule has 0 amide bonds. The first kappa shape index (κ1) is 14.0. The molecule has 7 heteroatoms. The number of nitrogens with zero attached hydrogens (tertiary/aromatic N) is 1. The van der Waals surface area contributed by atoms with E-state index in [1.54, 1.807) is 6.07 Å². The molecule has 4 nitrogen and oxygen atoms in total. The lowest BCUT2D eigenvalue weighted by molar-refractivity contribution is 0.0691. The largest absolute Gasteiger partial charge is 0.476 e. The highest BCUT2D eigenvalue weighted by molar-refractivity contribution is 9.10. The van der Waals surface area contributed by atoms with Crippen LogP contribution in [0.2, 0.25) is 0 Å². The molecule has 3 rings (SSSR count). The van der Waals surface area contributed by atoms with Crippen LogP contribution in [-0.2, 0) is 0 Å². The van der Waals surface area contributed by atoms with Gasteiger partial charge in [-0.05, 0) is 45.6 Å². The Morgan fingerprint density at radius 3 is 2.81 bits per heavy atom. The van der Waals surface area contributed by atoms with Crippen LogP contribution in [0.5, 0.6) is 0 Å². The molecule has 3 aromatic rings. The van der Waals surface area contributed by atoms with Crippen molar-refractivity contribution in [1.29, 1.82) is 0 Å². The second-order valence-corrected chi connectivity index (χ2v) is 5.91. The Bertz CT molecular complexity index is 814. The number of carboxylic acid groups (broad SMARTS) is 1. The molecule has 2 aromatic heterocycles. The zero-order chi connectivity index (χ0) is 15.0. The van der Waals surface area contributed by atoms with Crippen LogP contribution < -0.4 is 0 Å². The van der Waals surface area contributed by atoms with Crippen LogP contribution in [0.3, 0.4) is 0 Å². The number of aromatic carboxylic acids is 1. The van der Waals surface area contributed by atoms with E-state index in [2.05, 4.69) is 20.9 Å². The minimum absolute atomic E-state index is 0.103. The fraction of sp³-hybridized carbons (Fsp3) is 0. The molecule has 106 valence electrons. The lowest BCUT2D eigenvalue weighted by Gasteiger charge is -2.00. The Hall–Kier alpha value is -1.99. The van der Waals surface area contributed by atoms with Crippen LogP contribution >= 0.6 is 27.3 Å². The normalized spacial score (nSPS) is 10.8. The monoisotopic (exact) mass is 367 g/mol.